The maximum absolute atomic E-state index is 10.3. The third-order valence-corrected chi connectivity index (χ3v) is 3.75. The van der Waals surface area contributed by atoms with Gasteiger partial charge in [0.05, 0.1) is 6.61 Å². The Morgan fingerprint density at radius 3 is 1.82 bits per heavy atom. The second-order valence-electron chi connectivity index (χ2n) is 5.90. The van der Waals surface area contributed by atoms with Crippen LogP contribution < -0.4 is 4.74 Å². The van der Waals surface area contributed by atoms with Crippen molar-refractivity contribution in [3.05, 3.63) is 96.6 Å². The Labute approximate surface area is 165 Å². The zero-order valence-electron chi connectivity index (χ0n) is 15.6. The summed E-state index contributed by atoms with van der Waals surface area (Å²) in [5.41, 5.74) is 3.35. The summed E-state index contributed by atoms with van der Waals surface area (Å²) in [7, 11) is 0. The Morgan fingerprint density at radius 2 is 1.36 bits per heavy atom. The number of aliphatic hydroxyl groups excluding tert-OH is 1. The number of rotatable bonds is 7. The first-order chi connectivity index (χ1) is 13.7. The van der Waals surface area contributed by atoms with Crippen molar-refractivity contribution < 1.29 is 19.7 Å². The molecule has 0 unspecified atom stereocenters. The molecule has 3 aromatic carbocycles. The van der Waals surface area contributed by atoms with Crippen molar-refractivity contribution in [2.75, 3.05) is 13.2 Å². The fourth-order valence-electron chi connectivity index (χ4n) is 2.36. The van der Waals surface area contributed by atoms with Crippen molar-refractivity contribution in [2.45, 2.75) is 6.42 Å². The molecule has 0 saturated heterocycles. The van der Waals surface area contributed by atoms with Crippen molar-refractivity contribution in [3.63, 3.8) is 0 Å². The fraction of sp³-hybridized carbons (Fsp3) is 0.125. The third kappa shape index (κ3) is 7.89. The summed E-state index contributed by atoms with van der Waals surface area (Å²) in [6.45, 7) is 0.584. The van der Waals surface area contributed by atoms with Gasteiger partial charge in [-0.1, -0.05) is 72.8 Å². The monoisotopic (exact) mass is 376 g/mol. The molecule has 3 aromatic rings. The molecule has 144 valence electrons. The van der Waals surface area contributed by atoms with Crippen molar-refractivity contribution in [3.8, 4) is 16.9 Å². The lowest BCUT2D eigenvalue weighted by Crippen LogP contribution is -1.99. The molecule has 0 atom stereocenters. The van der Waals surface area contributed by atoms with E-state index in [2.05, 4.69) is 48.5 Å². The Hall–Kier alpha value is -3.37. The van der Waals surface area contributed by atoms with E-state index in [9.17, 15) is 4.79 Å². The van der Waals surface area contributed by atoms with Crippen LogP contribution in [-0.4, -0.2) is 29.4 Å². The molecule has 0 aromatic heterocycles. The van der Waals surface area contributed by atoms with Crippen LogP contribution in [-0.2, 0) is 4.79 Å². The minimum atomic E-state index is -0.969. The van der Waals surface area contributed by atoms with Crippen LogP contribution in [0, 0.1) is 0 Å². The number of benzene rings is 3. The lowest BCUT2D eigenvalue weighted by Gasteiger charge is -2.04. The van der Waals surface area contributed by atoms with Crippen LogP contribution in [0.4, 0.5) is 0 Å². The predicted molar refractivity (Wildman–Crippen MR) is 112 cm³/mol. The van der Waals surface area contributed by atoms with Gasteiger partial charge in [0, 0.05) is 19.1 Å². The minimum absolute atomic E-state index is 0.111. The lowest BCUT2D eigenvalue weighted by atomic mass is 10.1. The highest BCUT2D eigenvalue weighted by Gasteiger charge is 1.94. The van der Waals surface area contributed by atoms with E-state index in [1.165, 1.54) is 17.2 Å². The molecule has 2 N–H and O–H groups in total. The number of carboxylic acid groups (broad SMARTS) is 1. The third-order valence-electron chi connectivity index (χ3n) is 3.75. The molecule has 0 bridgehead atoms. The molecule has 0 fully saturated rings. The van der Waals surface area contributed by atoms with E-state index in [1.807, 2.05) is 12.1 Å². The minimum Gasteiger partial charge on any atom is -0.494 e. The molecule has 0 amide bonds. The average Bonchev–Trinajstić information content (AvgIpc) is 2.75. The van der Waals surface area contributed by atoms with Crippen molar-refractivity contribution in [1.29, 1.82) is 0 Å². The Morgan fingerprint density at radius 1 is 0.821 bits per heavy atom. The van der Waals surface area contributed by atoms with Crippen LogP contribution in [0.3, 0.4) is 0 Å². The number of hydrogen-bond donors (Lipinski definition) is 2. The molecule has 0 aliphatic carbocycles. The standard InChI is InChI=1S/C12H14O4.C12H10/c13-8-1-9-16-11-5-2-10(3-6-11)4-7-12(14)15;1-3-7-11(8-4-1)12-9-5-2-6-10-12/h2-7,13H,1,8-9H2,(H,14,15);1-10H/b7-4+;. The van der Waals surface area contributed by atoms with E-state index in [1.54, 1.807) is 24.3 Å². The summed E-state index contributed by atoms with van der Waals surface area (Å²) in [6.07, 6.45) is 3.20. The van der Waals surface area contributed by atoms with Gasteiger partial charge >= 0.3 is 5.97 Å². The van der Waals surface area contributed by atoms with Gasteiger partial charge in [0.15, 0.2) is 0 Å². The van der Waals surface area contributed by atoms with E-state index >= 15 is 0 Å². The summed E-state index contributed by atoms with van der Waals surface area (Å²) in [4.78, 5) is 10.3. The van der Waals surface area contributed by atoms with Crippen LogP contribution in [0.25, 0.3) is 17.2 Å². The Bertz CT molecular complexity index is 803. The highest BCUT2D eigenvalue weighted by atomic mass is 16.5. The zero-order chi connectivity index (χ0) is 20.0. The van der Waals surface area contributed by atoms with Crippen LogP contribution in [0.15, 0.2) is 91.0 Å². The lowest BCUT2D eigenvalue weighted by molar-refractivity contribution is -0.131. The largest absolute Gasteiger partial charge is 0.494 e. The first kappa shape index (κ1) is 20.9. The molecule has 4 nitrogen and oxygen atoms in total. The van der Waals surface area contributed by atoms with Crippen LogP contribution in [0.5, 0.6) is 5.75 Å². The van der Waals surface area contributed by atoms with E-state index in [-0.39, 0.29) is 6.61 Å². The van der Waals surface area contributed by atoms with Gasteiger partial charge in [0.1, 0.15) is 5.75 Å². The van der Waals surface area contributed by atoms with Gasteiger partial charge < -0.3 is 14.9 Å². The van der Waals surface area contributed by atoms with Gasteiger partial charge in [-0.25, -0.2) is 4.79 Å². The predicted octanol–water partition coefficient (Wildman–Crippen LogP) is 4.90. The van der Waals surface area contributed by atoms with Gasteiger partial charge in [-0.2, -0.15) is 0 Å². The van der Waals surface area contributed by atoms with E-state index < -0.39 is 5.97 Å². The van der Waals surface area contributed by atoms with Crippen LogP contribution >= 0.6 is 0 Å². The Balaban J connectivity index is 0.000000207. The maximum Gasteiger partial charge on any atom is 0.328 e. The number of hydrogen-bond acceptors (Lipinski definition) is 3. The van der Waals surface area contributed by atoms with Gasteiger partial charge in [-0.15, -0.1) is 0 Å². The van der Waals surface area contributed by atoms with Crippen molar-refractivity contribution in [1.82, 2.24) is 0 Å². The summed E-state index contributed by atoms with van der Waals surface area (Å²) < 4.78 is 5.33. The summed E-state index contributed by atoms with van der Waals surface area (Å²) in [5.74, 6) is -0.260. The molecule has 0 radical (unpaired) electrons. The number of aliphatic hydroxyl groups is 1. The first-order valence-corrected chi connectivity index (χ1v) is 9.04. The average molecular weight is 376 g/mol. The maximum atomic E-state index is 10.3. The highest BCUT2D eigenvalue weighted by Crippen LogP contribution is 2.17. The Kier molecular flexibility index (Phi) is 9.04. The molecular formula is C24H24O4. The first-order valence-electron chi connectivity index (χ1n) is 9.04. The summed E-state index contributed by atoms with van der Waals surface area (Å²) in [5, 5.41) is 17.0. The molecule has 0 aliphatic heterocycles. The van der Waals surface area contributed by atoms with E-state index in [0.29, 0.717) is 18.8 Å². The smallest absolute Gasteiger partial charge is 0.328 e. The zero-order valence-corrected chi connectivity index (χ0v) is 15.6. The van der Waals surface area contributed by atoms with Gasteiger partial charge in [-0.3, -0.25) is 0 Å². The molecule has 0 spiro atoms. The fourth-order valence-corrected chi connectivity index (χ4v) is 2.36. The number of carboxylic acids is 1. The van der Waals surface area contributed by atoms with Crippen LogP contribution in [0.2, 0.25) is 0 Å². The van der Waals surface area contributed by atoms with Gasteiger partial charge in [0.2, 0.25) is 0 Å². The van der Waals surface area contributed by atoms with Crippen molar-refractivity contribution >= 4 is 12.0 Å². The highest BCUT2D eigenvalue weighted by molar-refractivity contribution is 5.85. The van der Waals surface area contributed by atoms with Crippen LogP contribution in [0.1, 0.15) is 12.0 Å². The summed E-state index contributed by atoms with van der Waals surface area (Å²) in [6, 6.07) is 27.8. The molecule has 28 heavy (non-hydrogen) atoms. The quantitative estimate of drug-likeness (QED) is 0.455. The molecule has 4 heteroatoms. The molecule has 0 saturated carbocycles. The molecular weight excluding hydrogens is 352 g/mol. The molecule has 0 heterocycles. The van der Waals surface area contributed by atoms with E-state index in [0.717, 1.165) is 11.6 Å². The second kappa shape index (κ2) is 12.1. The molecule has 0 aliphatic rings. The second-order valence-corrected chi connectivity index (χ2v) is 5.90. The SMILES string of the molecule is O=C(O)/C=C/c1ccc(OCCCO)cc1.c1ccc(-c2ccccc2)cc1. The summed E-state index contributed by atoms with van der Waals surface area (Å²) >= 11 is 0. The molecule has 3 rings (SSSR count). The van der Waals surface area contributed by atoms with Gasteiger partial charge in [0.25, 0.3) is 0 Å². The van der Waals surface area contributed by atoms with E-state index in [4.69, 9.17) is 14.9 Å². The number of ether oxygens (including phenoxy) is 1. The number of aliphatic carboxylic acids is 1. The number of carbonyl (C=O) groups is 1. The van der Waals surface area contributed by atoms with Gasteiger partial charge in [-0.05, 0) is 34.9 Å². The van der Waals surface area contributed by atoms with Crippen molar-refractivity contribution in [2.24, 2.45) is 0 Å². The normalized spacial score (nSPS) is 10.2. The topological polar surface area (TPSA) is 66.8 Å².